The summed E-state index contributed by atoms with van der Waals surface area (Å²) in [7, 11) is 0. The van der Waals surface area contributed by atoms with Crippen LogP contribution in [-0.4, -0.2) is 13.2 Å². The molecule has 0 heterocycles. The fraction of sp³-hybridized carbons (Fsp3) is 0.697. The van der Waals surface area contributed by atoms with Gasteiger partial charge in [-0.3, -0.25) is 0 Å². The number of allylic oxidation sites excluding steroid dienone is 4. The van der Waals surface area contributed by atoms with Crippen LogP contribution in [0.2, 0.25) is 0 Å². The first-order valence-electron chi connectivity index (χ1n) is 29.9. The van der Waals surface area contributed by atoms with E-state index in [2.05, 4.69) is 62.5 Å². The Morgan fingerprint density at radius 3 is 1.13 bits per heavy atom. The fourth-order valence-corrected chi connectivity index (χ4v) is 16.2. The van der Waals surface area contributed by atoms with E-state index in [1.807, 2.05) is 12.1 Å². The molecule has 0 bridgehead atoms. The smallest absolute Gasteiger partial charge is 0.159 e. The molecule has 0 amide bonds. The molecule has 0 aromatic heterocycles. The zero-order valence-corrected chi connectivity index (χ0v) is 44.5. The summed E-state index contributed by atoms with van der Waals surface area (Å²) in [5, 5.41) is 0. The van der Waals surface area contributed by atoms with Crippen molar-refractivity contribution in [1.29, 1.82) is 0 Å². The van der Waals surface area contributed by atoms with E-state index in [9.17, 15) is 8.78 Å². The Bertz CT molecular complexity index is 1880. The Labute approximate surface area is 429 Å². The van der Waals surface area contributed by atoms with E-state index in [4.69, 9.17) is 4.74 Å². The van der Waals surface area contributed by atoms with Gasteiger partial charge in [-0.25, -0.2) is 17.6 Å². The molecule has 0 saturated heterocycles. The summed E-state index contributed by atoms with van der Waals surface area (Å²) < 4.78 is 66.6. The third-order valence-corrected chi connectivity index (χ3v) is 20.2. The van der Waals surface area contributed by atoms with Crippen molar-refractivity contribution in [3.63, 3.8) is 0 Å². The van der Waals surface area contributed by atoms with Crippen LogP contribution in [0, 0.1) is 69.6 Å². The zero-order chi connectivity index (χ0) is 49.6. The van der Waals surface area contributed by atoms with Crippen molar-refractivity contribution in [1.82, 2.24) is 0 Å². The molecule has 0 radical (unpaired) electrons. The molecule has 2 aromatic rings. The molecule has 4 saturated carbocycles. The molecule has 4 fully saturated rings. The molecule has 5 heteroatoms. The normalized spacial score (nSPS) is 30.5. The van der Waals surface area contributed by atoms with Gasteiger partial charge in [-0.2, -0.15) is 0 Å². The van der Waals surface area contributed by atoms with Gasteiger partial charge in [0.15, 0.2) is 23.3 Å². The van der Waals surface area contributed by atoms with Crippen molar-refractivity contribution >= 4 is 0 Å². The van der Waals surface area contributed by atoms with Crippen LogP contribution >= 0.6 is 0 Å². The van der Waals surface area contributed by atoms with Crippen molar-refractivity contribution in [2.24, 2.45) is 46.3 Å². The maximum atomic E-state index is 15.3. The van der Waals surface area contributed by atoms with Gasteiger partial charge in [0.2, 0.25) is 0 Å². The Morgan fingerprint density at radius 2 is 0.775 bits per heavy atom. The van der Waals surface area contributed by atoms with Gasteiger partial charge in [-0.05, 0) is 121 Å². The Hall–Kier alpha value is -2.92. The lowest BCUT2D eigenvalue weighted by atomic mass is 9.46. The van der Waals surface area contributed by atoms with Crippen LogP contribution in [0.1, 0.15) is 230 Å². The summed E-state index contributed by atoms with van der Waals surface area (Å²) in [5.41, 5.74) is 0.682. The summed E-state index contributed by atoms with van der Waals surface area (Å²) in [6.45, 7) is 5.65. The molecule has 71 heavy (non-hydrogen) atoms. The predicted molar refractivity (Wildman–Crippen MR) is 288 cm³/mol. The summed E-state index contributed by atoms with van der Waals surface area (Å²) in [4.78, 5) is 0. The molecule has 0 atom stereocenters. The first kappa shape index (κ1) is 54.3. The van der Waals surface area contributed by atoms with Gasteiger partial charge in [-0.1, -0.05) is 229 Å². The van der Waals surface area contributed by atoms with Gasteiger partial charge >= 0.3 is 0 Å². The van der Waals surface area contributed by atoms with Gasteiger partial charge < -0.3 is 4.74 Å². The average Bonchev–Trinajstić information content (AvgIpc) is 3.41. The molecule has 2 aromatic carbocycles. The molecule has 0 aliphatic heterocycles. The van der Waals surface area contributed by atoms with E-state index in [-0.39, 0.29) is 22.7 Å². The second-order valence-electron chi connectivity index (χ2n) is 24.3. The van der Waals surface area contributed by atoms with E-state index in [0.29, 0.717) is 25.0 Å². The van der Waals surface area contributed by atoms with Crippen molar-refractivity contribution in [2.45, 2.75) is 230 Å². The number of benzene rings is 2. The molecule has 0 unspecified atom stereocenters. The van der Waals surface area contributed by atoms with E-state index in [1.165, 1.54) is 204 Å². The van der Waals surface area contributed by atoms with Gasteiger partial charge in [0, 0.05) is 22.7 Å². The van der Waals surface area contributed by atoms with Gasteiger partial charge in [0.1, 0.15) is 0 Å². The second kappa shape index (κ2) is 26.0. The Morgan fingerprint density at radius 1 is 0.423 bits per heavy atom. The number of rotatable bonds is 24. The molecular formula is C66H94F4O. The SMILES string of the molecule is CCCCCCCCC1CCC(C2(C3(c4ccc(F)c(F)c4)C=CC(COCC4C=CC(c5ccc(F)c(F)c5)(C5(C6CCC(CCCCCCCC)CC6)CCCCC5)C=C4)C=C3)CCCCC2)CC1. The van der Waals surface area contributed by atoms with Crippen LogP contribution in [0.25, 0.3) is 0 Å². The predicted octanol–water partition coefficient (Wildman–Crippen LogP) is 19.9. The molecule has 8 rings (SSSR count). The highest BCUT2D eigenvalue weighted by molar-refractivity contribution is 5.46. The highest BCUT2D eigenvalue weighted by atomic mass is 19.2. The lowest BCUT2D eigenvalue weighted by Crippen LogP contribution is -2.51. The fourth-order valence-electron chi connectivity index (χ4n) is 16.2. The molecule has 6 aliphatic carbocycles. The highest BCUT2D eigenvalue weighted by Crippen LogP contribution is 2.63. The van der Waals surface area contributed by atoms with Crippen LogP contribution in [0.4, 0.5) is 17.6 Å². The van der Waals surface area contributed by atoms with E-state index >= 15 is 8.78 Å². The molecule has 392 valence electrons. The average molecular weight is 979 g/mol. The minimum Gasteiger partial charge on any atom is -0.380 e. The molecule has 0 spiro atoms. The standard InChI is InChI=1S/C66H94F4O/c1-3-5-7-9-11-15-21-51-23-27-55(28-24-51)63(39-17-13-18-40-63)65(57-31-33-59(67)61(69)47-57)43-35-53(36-44-65)49-71-50-54-37-45-66(46-38-54,58-32-34-60(68)62(70)48-58)64(41-19-14-20-42-64)56-29-25-52(26-30-56)22-16-12-10-8-6-4-2/h31-38,43-48,51-56H,3-30,39-42,49-50H2,1-2H3. The van der Waals surface area contributed by atoms with Crippen LogP contribution in [0.3, 0.4) is 0 Å². The summed E-state index contributed by atoms with van der Waals surface area (Å²) in [5.74, 6) is -0.237. The van der Waals surface area contributed by atoms with Crippen molar-refractivity contribution < 1.29 is 22.3 Å². The minimum absolute atomic E-state index is 0.0420. The zero-order valence-electron chi connectivity index (χ0n) is 44.5. The van der Waals surface area contributed by atoms with Gasteiger partial charge in [0.05, 0.1) is 13.2 Å². The monoisotopic (exact) mass is 979 g/mol. The van der Waals surface area contributed by atoms with Crippen LogP contribution in [0.5, 0.6) is 0 Å². The summed E-state index contributed by atoms with van der Waals surface area (Å²) >= 11 is 0. The lowest BCUT2D eigenvalue weighted by molar-refractivity contribution is 0.00994. The largest absolute Gasteiger partial charge is 0.380 e. The first-order valence-corrected chi connectivity index (χ1v) is 29.9. The molecule has 6 aliphatic rings. The summed E-state index contributed by atoms with van der Waals surface area (Å²) in [6.07, 6.45) is 59.4. The maximum absolute atomic E-state index is 15.3. The Balaban J connectivity index is 0.950. The third-order valence-electron chi connectivity index (χ3n) is 20.2. The van der Waals surface area contributed by atoms with Gasteiger partial charge in [0.25, 0.3) is 0 Å². The number of halogens is 4. The number of hydrogen-bond acceptors (Lipinski definition) is 1. The summed E-state index contributed by atoms with van der Waals surface area (Å²) in [6, 6.07) is 9.44. The maximum Gasteiger partial charge on any atom is 0.159 e. The van der Waals surface area contributed by atoms with Crippen molar-refractivity contribution in [2.75, 3.05) is 13.2 Å². The van der Waals surface area contributed by atoms with E-state index in [1.54, 1.807) is 0 Å². The highest BCUT2D eigenvalue weighted by Gasteiger charge is 2.56. The van der Waals surface area contributed by atoms with Crippen LogP contribution in [-0.2, 0) is 15.6 Å². The number of hydrogen-bond donors (Lipinski definition) is 0. The molecular weight excluding hydrogens is 885 g/mol. The lowest BCUT2D eigenvalue weighted by Gasteiger charge is -2.57. The van der Waals surface area contributed by atoms with E-state index < -0.39 is 34.1 Å². The molecule has 1 nitrogen and oxygen atoms in total. The van der Waals surface area contributed by atoms with Crippen molar-refractivity contribution in [3.05, 3.63) is 119 Å². The van der Waals surface area contributed by atoms with E-state index in [0.717, 1.165) is 48.6 Å². The minimum atomic E-state index is -0.783. The van der Waals surface area contributed by atoms with Crippen LogP contribution in [0.15, 0.2) is 85.0 Å². The van der Waals surface area contributed by atoms with Gasteiger partial charge in [-0.15, -0.1) is 0 Å². The molecule has 0 N–H and O–H groups in total. The first-order chi connectivity index (χ1) is 34.7. The number of unbranched alkanes of at least 4 members (excludes halogenated alkanes) is 10. The second-order valence-corrected chi connectivity index (χ2v) is 24.3. The van der Waals surface area contributed by atoms with Crippen molar-refractivity contribution in [3.8, 4) is 0 Å². The quantitative estimate of drug-likeness (QED) is 0.0579. The topological polar surface area (TPSA) is 9.23 Å². The van der Waals surface area contributed by atoms with Crippen LogP contribution < -0.4 is 0 Å². The number of ether oxygens (including phenoxy) is 1. The third kappa shape index (κ3) is 12.4. The Kier molecular flexibility index (Phi) is 19.9.